The van der Waals surface area contributed by atoms with E-state index in [1.807, 2.05) is 41.4 Å². The number of rotatable bonds is 15. The van der Waals surface area contributed by atoms with Gasteiger partial charge < -0.3 is 29.3 Å². The summed E-state index contributed by atoms with van der Waals surface area (Å²) < 4.78 is 34.7. The Balaban J connectivity index is 1.10. The third-order valence-corrected chi connectivity index (χ3v) is 12.5. The van der Waals surface area contributed by atoms with Crippen LogP contribution in [-0.2, 0) is 16.1 Å². The summed E-state index contributed by atoms with van der Waals surface area (Å²) in [5.74, 6) is 1.55. The molecule has 14 nitrogen and oxygen atoms in total. The van der Waals surface area contributed by atoms with Crippen molar-refractivity contribution in [3.8, 4) is 23.0 Å². The Kier molecular flexibility index (Phi) is 11.6. The summed E-state index contributed by atoms with van der Waals surface area (Å²) in [6, 6.07) is 11.1. The zero-order valence-electron chi connectivity index (χ0n) is 35.6. The van der Waals surface area contributed by atoms with Gasteiger partial charge >= 0.3 is 6.01 Å². The van der Waals surface area contributed by atoms with Crippen LogP contribution in [0.15, 0.2) is 54.6 Å². The highest BCUT2D eigenvalue weighted by Gasteiger charge is 2.40. The number of nitrogens with one attached hydrogen (secondary N) is 2. The molecule has 4 aliphatic rings. The Morgan fingerprint density at radius 3 is 2.62 bits per heavy atom. The number of hydrogen-bond donors (Lipinski definition) is 2. The van der Waals surface area contributed by atoms with Gasteiger partial charge in [0.15, 0.2) is 5.75 Å². The number of amides is 1. The van der Waals surface area contributed by atoms with Crippen molar-refractivity contribution in [1.29, 1.82) is 0 Å². The van der Waals surface area contributed by atoms with Gasteiger partial charge in [-0.1, -0.05) is 49.4 Å². The molecule has 3 aromatic heterocycles. The van der Waals surface area contributed by atoms with Crippen LogP contribution in [0.25, 0.3) is 34.3 Å². The Labute approximate surface area is 354 Å². The average molecular weight is 831 g/mol. The van der Waals surface area contributed by atoms with Crippen LogP contribution in [0.3, 0.4) is 0 Å². The normalized spacial score (nSPS) is 21.4. The second-order valence-electron chi connectivity index (χ2n) is 17.2. The van der Waals surface area contributed by atoms with Gasteiger partial charge in [-0.2, -0.15) is 15.1 Å². The smallest absolute Gasteiger partial charge is 0.319 e. The number of aromatic amines is 1. The average Bonchev–Trinajstić information content (AvgIpc) is 3.77. The summed E-state index contributed by atoms with van der Waals surface area (Å²) in [6.45, 7) is 11.3. The van der Waals surface area contributed by atoms with Gasteiger partial charge in [0.2, 0.25) is 5.91 Å². The number of benzene rings is 2. The molecule has 0 radical (unpaired) electrons. The lowest BCUT2D eigenvalue weighted by atomic mass is 9.97. The van der Waals surface area contributed by atoms with Gasteiger partial charge in [-0.05, 0) is 87.1 Å². The summed E-state index contributed by atoms with van der Waals surface area (Å²) in [7, 11) is 1.64. The molecule has 6 heterocycles. The highest BCUT2D eigenvalue weighted by atomic mass is 19.1. The maximum absolute atomic E-state index is 14.6. The van der Waals surface area contributed by atoms with Crippen molar-refractivity contribution in [3.63, 3.8) is 0 Å². The van der Waals surface area contributed by atoms with Crippen molar-refractivity contribution >= 4 is 34.8 Å². The maximum Gasteiger partial charge on any atom is 0.319 e. The van der Waals surface area contributed by atoms with Crippen LogP contribution < -0.4 is 30.3 Å². The molecule has 5 aromatic rings. The zero-order chi connectivity index (χ0) is 42.2. The first-order valence-electron chi connectivity index (χ1n) is 21.7. The van der Waals surface area contributed by atoms with Crippen molar-refractivity contribution in [2.75, 3.05) is 44.9 Å². The number of methoxy groups -OCH3 is 1. The minimum absolute atomic E-state index is 0.0513. The molecule has 1 aliphatic carbocycles. The predicted octanol–water partition coefficient (Wildman–Crippen LogP) is 5.33. The number of carbonyl (C=O) groups excluding carboxylic acids is 1. The van der Waals surface area contributed by atoms with E-state index in [-0.39, 0.29) is 36.3 Å². The lowest BCUT2D eigenvalue weighted by molar-refractivity contribution is -0.137. The molecule has 1 saturated carbocycles. The second-order valence-corrected chi connectivity index (χ2v) is 17.2. The molecule has 61 heavy (non-hydrogen) atoms. The molecule has 3 aliphatic heterocycles. The van der Waals surface area contributed by atoms with Gasteiger partial charge in [-0.3, -0.25) is 9.89 Å². The third-order valence-electron chi connectivity index (χ3n) is 12.5. The fourth-order valence-electron chi connectivity index (χ4n) is 9.10. The van der Waals surface area contributed by atoms with Crippen LogP contribution in [0.1, 0.15) is 88.4 Å². The summed E-state index contributed by atoms with van der Waals surface area (Å²) in [4.78, 5) is 28.1. The molecule has 2 bridgehead atoms. The molecule has 15 heteroatoms. The van der Waals surface area contributed by atoms with Crippen LogP contribution in [-0.4, -0.2) is 104 Å². The number of hydrogen-bond acceptors (Lipinski definition) is 11. The topological polar surface area (TPSA) is 148 Å². The number of nitrogens with zero attached hydrogens (tertiary/aromatic N) is 8. The van der Waals surface area contributed by atoms with E-state index in [2.05, 4.69) is 57.6 Å². The minimum Gasteiger partial charge on any atom is -0.486 e. The fourth-order valence-corrected chi connectivity index (χ4v) is 9.10. The number of H-pyrrole nitrogens is 1. The van der Waals surface area contributed by atoms with Gasteiger partial charge in [-0.15, -0.1) is 5.10 Å². The molecule has 320 valence electrons. The fraction of sp³-hybridized carbons (Fsp3) is 0.478. The van der Waals surface area contributed by atoms with Crippen molar-refractivity contribution in [2.45, 2.75) is 96.5 Å². The lowest BCUT2D eigenvalue weighted by Gasteiger charge is -2.30. The monoisotopic (exact) mass is 830 g/mol. The molecule has 4 unspecified atom stereocenters. The van der Waals surface area contributed by atoms with E-state index in [4.69, 9.17) is 24.2 Å². The van der Waals surface area contributed by atoms with E-state index < -0.39 is 6.04 Å². The first-order valence-corrected chi connectivity index (χ1v) is 21.7. The molecular weight excluding hydrogens is 776 g/mol. The number of halogens is 1. The molecule has 4 atom stereocenters. The summed E-state index contributed by atoms with van der Waals surface area (Å²) in [5, 5.41) is 22.0. The van der Waals surface area contributed by atoms with Crippen molar-refractivity contribution in [2.24, 2.45) is 5.92 Å². The molecule has 4 fully saturated rings. The lowest BCUT2D eigenvalue weighted by Crippen LogP contribution is -2.44. The number of carbonyl (C=O) groups is 1. The van der Waals surface area contributed by atoms with Crippen LogP contribution >= 0.6 is 0 Å². The molecule has 9 rings (SSSR count). The first kappa shape index (κ1) is 40.7. The predicted molar refractivity (Wildman–Crippen MR) is 231 cm³/mol. The molecule has 1 amide bonds. The first-order chi connectivity index (χ1) is 29.7. The quantitative estimate of drug-likeness (QED) is 0.132. The van der Waals surface area contributed by atoms with E-state index in [1.54, 1.807) is 24.9 Å². The zero-order valence-corrected chi connectivity index (χ0v) is 35.6. The van der Waals surface area contributed by atoms with Crippen molar-refractivity contribution in [1.82, 2.24) is 45.4 Å². The summed E-state index contributed by atoms with van der Waals surface area (Å²) >= 11 is 0. The van der Waals surface area contributed by atoms with Gasteiger partial charge in [0.05, 0.1) is 24.3 Å². The van der Waals surface area contributed by atoms with Crippen LogP contribution in [0.5, 0.6) is 11.8 Å². The Morgan fingerprint density at radius 2 is 1.93 bits per heavy atom. The highest BCUT2D eigenvalue weighted by Crippen LogP contribution is 2.48. The molecule has 2 aromatic carbocycles. The Morgan fingerprint density at radius 1 is 1.10 bits per heavy atom. The second kappa shape index (κ2) is 17.4. The Hall–Kier alpha value is -5.67. The van der Waals surface area contributed by atoms with Gasteiger partial charge in [0.1, 0.15) is 42.1 Å². The van der Waals surface area contributed by atoms with E-state index in [9.17, 15) is 9.18 Å². The van der Waals surface area contributed by atoms with Crippen molar-refractivity contribution in [3.05, 3.63) is 81.9 Å². The number of ether oxygens (including phenoxy) is 3. The van der Waals surface area contributed by atoms with E-state index in [0.29, 0.717) is 53.5 Å². The van der Waals surface area contributed by atoms with Gasteiger partial charge in [0, 0.05) is 66.6 Å². The molecule has 2 N–H and O–H groups in total. The Bertz CT molecular complexity index is 2550. The molecular formula is C46H55FN10O4. The number of allylic oxidation sites excluding steroid dienone is 2. The van der Waals surface area contributed by atoms with Crippen molar-refractivity contribution < 1.29 is 23.4 Å². The van der Waals surface area contributed by atoms with E-state index in [1.165, 1.54) is 12.2 Å². The highest BCUT2D eigenvalue weighted by molar-refractivity contribution is 5.98. The third kappa shape index (κ3) is 8.37. The number of fused-ring (bicyclic) bond motifs is 3. The van der Waals surface area contributed by atoms with Crippen LogP contribution in [0, 0.1) is 5.92 Å². The largest absolute Gasteiger partial charge is 0.486 e. The van der Waals surface area contributed by atoms with Gasteiger partial charge in [-0.25, -0.2) is 9.07 Å². The number of likely N-dealkylation sites (tertiary alicyclic amines) is 1. The standard InChI is InChI=1S/C46H55FN10O4/c1-6-33(47)19-39-32(22-49-52-39)18-37-36(30-13-14-30)21-38-41(50-46(60-17-16-59-5)51-44(38)56-24-34-20-35(56)23-48-34)43(37)61-26-29-9-11-31(12-10-29)40-25-57(54-53-40)42(27(2)3)45(58)55-15-7-8-28(55)4/h6,9-12,18-19,21-22,25,27-28,30,34-35,42,48,52H,7-8,13-17,20,23-24,26H2,1-5H3/b32-18+,33-6-,39-19+. The van der Waals surface area contributed by atoms with E-state index >= 15 is 0 Å². The number of aromatic nitrogens is 7. The summed E-state index contributed by atoms with van der Waals surface area (Å²) in [6.07, 6.45) is 13.7. The maximum atomic E-state index is 14.6. The summed E-state index contributed by atoms with van der Waals surface area (Å²) in [5.41, 5.74) is 5.16. The minimum atomic E-state index is -0.424. The van der Waals surface area contributed by atoms with E-state index in [0.717, 1.165) is 90.4 Å². The van der Waals surface area contributed by atoms with Crippen LogP contribution in [0.2, 0.25) is 0 Å². The number of anilines is 1. The van der Waals surface area contributed by atoms with Crippen LogP contribution in [0.4, 0.5) is 10.2 Å². The SMILES string of the molecule is C/C=C(F)/C=c1/[nH]nc/c1=C\c1c(C2CC2)cc2c(N3CC4CC3CN4)nc(OCCOC)nc2c1OCc1ccc(-c2cn(C(C(=O)N3CCCC3C)C(C)C)nn2)cc1. The molecule has 3 saturated heterocycles. The molecule has 0 spiro atoms. The number of piperazine rings is 1. The van der Waals surface area contributed by atoms with Gasteiger partial charge in [0.25, 0.3) is 0 Å².